The average molecular weight is 459 g/mol. The van der Waals surface area contributed by atoms with Gasteiger partial charge in [0.2, 0.25) is 0 Å². The first-order valence-electron chi connectivity index (χ1n) is 10.8. The van der Waals surface area contributed by atoms with E-state index in [0.717, 1.165) is 4.68 Å². The van der Waals surface area contributed by atoms with Crippen LogP contribution in [0.5, 0.6) is 0 Å². The van der Waals surface area contributed by atoms with Crippen molar-refractivity contribution in [2.45, 2.75) is 6.92 Å². The average Bonchev–Trinajstić information content (AvgIpc) is 3.41. The Morgan fingerprint density at radius 2 is 1.76 bits per heavy atom. The molecule has 0 bridgehead atoms. The summed E-state index contributed by atoms with van der Waals surface area (Å²) in [5.41, 5.74) is 0.788. The minimum absolute atomic E-state index is 0.107. The topological polar surface area (TPSA) is 115 Å². The number of aryl methyl sites for hydroxylation is 1. The number of anilines is 1. The summed E-state index contributed by atoms with van der Waals surface area (Å²) in [6.07, 6.45) is 1.46. The SMILES string of the molecule is Cc1nn(-c2cc(N3CCN(C(=O)c4ccco4)CC3)ccc2[N+](=O)[O-])c(=O)c2ccccc12. The van der Waals surface area contributed by atoms with Crippen molar-refractivity contribution in [3.05, 3.63) is 92.8 Å². The summed E-state index contributed by atoms with van der Waals surface area (Å²) in [7, 11) is 0. The monoisotopic (exact) mass is 459 g/mol. The fourth-order valence-corrected chi connectivity index (χ4v) is 4.27. The molecule has 34 heavy (non-hydrogen) atoms. The maximum Gasteiger partial charge on any atom is 0.295 e. The van der Waals surface area contributed by atoms with E-state index >= 15 is 0 Å². The Kier molecular flexibility index (Phi) is 5.33. The number of rotatable bonds is 4. The Hall–Kier alpha value is -4.47. The van der Waals surface area contributed by atoms with Crippen molar-refractivity contribution in [2.24, 2.45) is 0 Å². The van der Waals surface area contributed by atoms with E-state index in [2.05, 4.69) is 5.10 Å². The molecule has 0 spiro atoms. The van der Waals surface area contributed by atoms with Crippen LogP contribution < -0.4 is 10.5 Å². The van der Waals surface area contributed by atoms with Crippen LogP contribution >= 0.6 is 0 Å². The van der Waals surface area contributed by atoms with Crippen molar-refractivity contribution >= 4 is 28.1 Å². The van der Waals surface area contributed by atoms with Crippen molar-refractivity contribution < 1.29 is 14.1 Å². The number of fused-ring (bicyclic) bond motifs is 1. The van der Waals surface area contributed by atoms with Gasteiger partial charge in [0.25, 0.3) is 17.2 Å². The van der Waals surface area contributed by atoms with Gasteiger partial charge in [0, 0.05) is 43.3 Å². The molecule has 0 atom stereocenters. The molecule has 0 N–H and O–H groups in total. The molecule has 172 valence electrons. The maximum absolute atomic E-state index is 13.2. The first kappa shape index (κ1) is 21.4. The van der Waals surface area contributed by atoms with Crippen molar-refractivity contribution in [3.63, 3.8) is 0 Å². The smallest absolute Gasteiger partial charge is 0.295 e. The van der Waals surface area contributed by atoms with Crippen molar-refractivity contribution in [1.82, 2.24) is 14.7 Å². The van der Waals surface area contributed by atoms with Crippen LogP contribution in [-0.4, -0.2) is 51.7 Å². The van der Waals surface area contributed by atoms with Crippen LogP contribution in [0.3, 0.4) is 0 Å². The molecule has 1 amide bonds. The van der Waals surface area contributed by atoms with Gasteiger partial charge < -0.3 is 14.2 Å². The number of carbonyl (C=O) groups is 1. The van der Waals surface area contributed by atoms with E-state index in [1.165, 1.54) is 12.3 Å². The Morgan fingerprint density at radius 3 is 2.44 bits per heavy atom. The molecule has 2 aromatic carbocycles. The summed E-state index contributed by atoms with van der Waals surface area (Å²) in [5.74, 6) is 0.125. The van der Waals surface area contributed by atoms with Gasteiger partial charge in [-0.05, 0) is 37.3 Å². The number of amides is 1. The molecular weight excluding hydrogens is 438 g/mol. The highest BCUT2D eigenvalue weighted by Gasteiger charge is 2.26. The Morgan fingerprint density at radius 1 is 1.03 bits per heavy atom. The molecule has 2 aromatic heterocycles. The first-order valence-corrected chi connectivity index (χ1v) is 10.8. The third-order valence-electron chi connectivity index (χ3n) is 6.04. The van der Waals surface area contributed by atoms with Gasteiger partial charge in [0.1, 0.15) is 5.69 Å². The molecule has 4 aromatic rings. The number of piperazine rings is 1. The summed E-state index contributed by atoms with van der Waals surface area (Å²) in [4.78, 5) is 40.7. The summed E-state index contributed by atoms with van der Waals surface area (Å²) >= 11 is 0. The number of aromatic nitrogens is 2. The van der Waals surface area contributed by atoms with Gasteiger partial charge in [-0.1, -0.05) is 18.2 Å². The van der Waals surface area contributed by atoms with E-state index in [1.807, 2.05) is 11.0 Å². The van der Waals surface area contributed by atoms with Crippen molar-refractivity contribution in [2.75, 3.05) is 31.1 Å². The normalized spacial score (nSPS) is 13.9. The minimum Gasteiger partial charge on any atom is -0.459 e. The molecule has 1 fully saturated rings. The lowest BCUT2D eigenvalue weighted by atomic mass is 10.1. The number of nitrogens with zero attached hydrogens (tertiary/aromatic N) is 5. The van der Waals surface area contributed by atoms with E-state index in [0.29, 0.717) is 54.1 Å². The lowest BCUT2D eigenvalue weighted by Crippen LogP contribution is -2.48. The van der Waals surface area contributed by atoms with Crippen LogP contribution in [0.25, 0.3) is 16.5 Å². The number of carbonyl (C=O) groups excluding carboxylic acids is 1. The number of hydrogen-bond acceptors (Lipinski definition) is 7. The van der Waals surface area contributed by atoms with Gasteiger partial charge in [0.15, 0.2) is 5.76 Å². The van der Waals surface area contributed by atoms with Gasteiger partial charge in [-0.2, -0.15) is 9.78 Å². The molecule has 10 nitrogen and oxygen atoms in total. The lowest BCUT2D eigenvalue weighted by Gasteiger charge is -2.35. The highest BCUT2D eigenvalue weighted by atomic mass is 16.6. The maximum atomic E-state index is 13.2. The van der Waals surface area contributed by atoms with Gasteiger partial charge in [0.05, 0.1) is 22.3 Å². The Balaban J connectivity index is 1.49. The van der Waals surface area contributed by atoms with Gasteiger partial charge in [-0.3, -0.25) is 19.7 Å². The third kappa shape index (κ3) is 3.68. The zero-order valence-electron chi connectivity index (χ0n) is 18.4. The second kappa shape index (κ2) is 8.47. The highest BCUT2D eigenvalue weighted by molar-refractivity contribution is 5.91. The molecule has 0 saturated carbocycles. The lowest BCUT2D eigenvalue weighted by molar-refractivity contribution is -0.384. The fraction of sp³-hybridized carbons (Fsp3) is 0.208. The molecule has 0 aliphatic carbocycles. The molecule has 5 rings (SSSR count). The Bertz CT molecular complexity index is 1450. The number of benzene rings is 2. The second-order valence-corrected chi connectivity index (χ2v) is 8.03. The van der Waals surface area contributed by atoms with Gasteiger partial charge in [-0.15, -0.1) is 0 Å². The summed E-state index contributed by atoms with van der Waals surface area (Å²) in [6.45, 7) is 3.77. The van der Waals surface area contributed by atoms with Gasteiger partial charge >= 0.3 is 0 Å². The third-order valence-corrected chi connectivity index (χ3v) is 6.04. The standard InChI is InChI=1S/C24H21N5O5/c1-16-18-5-2-3-6-19(18)23(30)28(25-16)21-15-17(8-9-20(21)29(32)33)26-10-12-27(13-11-26)24(31)22-7-4-14-34-22/h2-9,14-15H,10-13H2,1H3. The van der Waals surface area contributed by atoms with Crippen LogP contribution in [0, 0.1) is 17.0 Å². The van der Waals surface area contributed by atoms with Crippen LogP contribution in [0.1, 0.15) is 16.2 Å². The molecular formula is C24H21N5O5. The van der Waals surface area contributed by atoms with Crippen molar-refractivity contribution in [1.29, 1.82) is 0 Å². The second-order valence-electron chi connectivity index (χ2n) is 8.03. The van der Waals surface area contributed by atoms with Crippen LogP contribution in [-0.2, 0) is 0 Å². The van der Waals surface area contributed by atoms with Crippen molar-refractivity contribution in [3.8, 4) is 5.69 Å². The number of hydrogen-bond donors (Lipinski definition) is 0. The molecule has 3 heterocycles. The fourth-order valence-electron chi connectivity index (χ4n) is 4.27. The Labute approximate surface area is 193 Å². The zero-order chi connectivity index (χ0) is 23.8. The molecule has 10 heteroatoms. The summed E-state index contributed by atoms with van der Waals surface area (Å²) < 4.78 is 6.31. The predicted molar refractivity (Wildman–Crippen MR) is 126 cm³/mol. The quantitative estimate of drug-likeness (QED) is 0.340. The molecule has 1 aliphatic rings. The van der Waals surface area contributed by atoms with Crippen LogP contribution in [0.15, 0.2) is 70.1 Å². The van der Waals surface area contributed by atoms with Crippen LogP contribution in [0.2, 0.25) is 0 Å². The highest BCUT2D eigenvalue weighted by Crippen LogP contribution is 2.29. The van der Waals surface area contributed by atoms with E-state index in [9.17, 15) is 19.7 Å². The van der Waals surface area contributed by atoms with E-state index in [4.69, 9.17) is 4.42 Å². The zero-order valence-corrected chi connectivity index (χ0v) is 18.4. The molecule has 1 saturated heterocycles. The molecule has 1 aliphatic heterocycles. The predicted octanol–water partition coefficient (Wildman–Crippen LogP) is 3.16. The van der Waals surface area contributed by atoms with Crippen LogP contribution in [0.4, 0.5) is 11.4 Å². The minimum atomic E-state index is -0.516. The number of nitro groups is 1. The van der Waals surface area contributed by atoms with E-state index < -0.39 is 10.5 Å². The van der Waals surface area contributed by atoms with E-state index in [1.54, 1.807) is 54.3 Å². The van der Waals surface area contributed by atoms with Gasteiger partial charge in [-0.25, -0.2) is 0 Å². The molecule has 0 radical (unpaired) electrons. The first-order chi connectivity index (χ1) is 16.4. The number of nitro benzene ring substituents is 1. The summed E-state index contributed by atoms with van der Waals surface area (Å²) in [5, 5.41) is 17.3. The largest absolute Gasteiger partial charge is 0.459 e. The summed E-state index contributed by atoms with van der Waals surface area (Å²) in [6, 6.07) is 15.0. The number of furan rings is 1. The molecule has 0 unspecified atom stereocenters. The van der Waals surface area contributed by atoms with E-state index in [-0.39, 0.29) is 17.3 Å².